The second-order valence-electron chi connectivity index (χ2n) is 2.53. The lowest BCUT2D eigenvalue weighted by molar-refractivity contribution is 0.343. The number of aliphatic hydroxyl groups is 1. The van der Waals surface area contributed by atoms with Gasteiger partial charge in [-0.1, -0.05) is 36.4 Å². The van der Waals surface area contributed by atoms with E-state index in [4.69, 9.17) is 10.8 Å². The SMILES string of the molecule is NCc1ccc(C=CCO)cc1. The lowest BCUT2D eigenvalue weighted by Gasteiger charge is -1.96. The van der Waals surface area contributed by atoms with Crippen molar-refractivity contribution >= 4 is 6.08 Å². The number of rotatable bonds is 3. The van der Waals surface area contributed by atoms with Gasteiger partial charge in [-0.15, -0.1) is 0 Å². The molecule has 0 saturated carbocycles. The molecule has 0 heterocycles. The first-order chi connectivity index (χ1) is 5.86. The highest BCUT2D eigenvalue weighted by molar-refractivity contribution is 5.49. The fraction of sp³-hybridized carbons (Fsp3) is 0.200. The molecule has 2 heteroatoms. The Balaban J connectivity index is 2.71. The van der Waals surface area contributed by atoms with Crippen molar-refractivity contribution in [1.29, 1.82) is 0 Å². The minimum Gasteiger partial charge on any atom is -0.392 e. The number of hydrogen-bond donors (Lipinski definition) is 2. The minimum atomic E-state index is 0.0820. The second kappa shape index (κ2) is 4.70. The van der Waals surface area contributed by atoms with Crippen LogP contribution in [-0.2, 0) is 6.54 Å². The predicted molar refractivity (Wildman–Crippen MR) is 50.5 cm³/mol. The van der Waals surface area contributed by atoms with Gasteiger partial charge in [0, 0.05) is 6.54 Å². The molecule has 0 bridgehead atoms. The van der Waals surface area contributed by atoms with E-state index in [0.29, 0.717) is 6.54 Å². The summed E-state index contributed by atoms with van der Waals surface area (Å²) in [5, 5.41) is 8.52. The molecule has 0 atom stereocenters. The van der Waals surface area contributed by atoms with Gasteiger partial charge in [0.2, 0.25) is 0 Å². The molecule has 0 aromatic heterocycles. The molecule has 1 rings (SSSR count). The Morgan fingerprint density at radius 2 is 1.92 bits per heavy atom. The van der Waals surface area contributed by atoms with Gasteiger partial charge in [-0.3, -0.25) is 0 Å². The monoisotopic (exact) mass is 163 g/mol. The van der Waals surface area contributed by atoms with Crippen LogP contribution in [0.3, 0.4) is 0 Å². The molecule has 64 valence electrons. The van der Waals surface area contributed by atoms with Gasteiger partial charge in [0.25, 0.3) is 0 Å². The van der Waals surface area contributed by atoms with Crippen molar-refractivity contribution < 1.29 is 5.11 Å². The lowest BCUT2D eigenvalue weighted by atomic mass is 10.1. The van der Waals surface area contributed by atoms with Crippen LogP contribution in [0.15, 0.2) is 30.3 Å². The maximum absolute atomic E-state index is 8.52. The van der Waals surface area contributed by atoms with E-state index < -0.39 is 0 Å². The van der Waals surface area contributed by atoms with Gasteiger partial charge in [0.05, 0.1) is 6.61 Å². The zero-order chi connectivity index (χ0) is 8.81. The van der Waals surface area contributed by atoms with Gasteiger partial charge in [0.15, 0.2) is 0 Å². The van der Waals surface area contributed by atoms with Gasteiger partial charge < -0.3 is 10.8 Å². The standard InChI is InChI=1S/C10H13NO/c11-8-10-5-3-9(4-6-10)2-1-7-12/h1-6,12H,7-8,11H2. The van der Waals surface area contributed by atoms with Crippen LogP contribution in [-0.4, -0.2) is 11.7 Å². The first-order valence-electron chi connectivity index (χ1n) is 3.93. The molecular weight excluding hydrogens is 150 g/mol. The Hall–Kier alpha value is -1.12. The second-order valence-corrected chi connectivity index (χ2v) is 2.53. The van der Waals surface area contributed by atoms with E-state index >= 15 is 0 Å². The molecule has 1 aromatic rings. The first kappa shape index (κ1) is 8.97. The van der Waals surface area contributed by atoms with E-state index in [0.717, 1.165) is 11.1 Å². The molecule has 0 amide bonds. The van der Waals surface area contributed by atoms with Crippen LogP contribution in [0, 0.1) is 0 Å². The molecule has 0 saturated heterocycles. The molecule has 12 heavy (non-hydrogen) atoms. The van der Waals surface area contributed by atoms with Gasteiger partial charge in [-0.05, 0) is 11.1 Å². The molecule has 1 aromatic carbocycles. The van der Waals surface area contributed by atoms with Crippen LogP contribution in [0.1, 0.15) is 11.1 Å². The van der Waals surface area contributed by atoms with Crippen LogP contribution < -0.4 is 5.73 Å². The first-order valence-corrected chi connectivity index (χ1v) is 3.93. The van der Waals surface area contributed by atoms with Crippen LogP contribution in [0.25, 0.3) is 6.08 Å². The summed E-state index contributed by atoms with van der Waals surface area (Å²) in [4.78, 5) is 0. The molecule has 0 radical (unpaired) electrons. The number of hydrogen-bond acceptors (Lipinski definition) is 2. The summed E-state index contributed by atoms with van der Waals surface area (Å²) < 4.78 is 0. The zero-order valence-electron chi connectivity index (χ0n) is 6.90. The van der Waals surface area contributed by atoms with Crippen LogP contribution in [0.4, 0.5) is 0 Å². The molecule has 0 aliphatic carbocycles. The van der Waals surface area contributed by atoms with Crippen molar-refractivity contribution in [3.05, 3.63) is 41.5 Å². The molecule has 0 unspecified atom stereocenters. The van der Waals surface area contributed by atoms with Crippen molar-refractivity contribution in [3.8, 4) is 0 Å². The Bertz CT molecular complexity index is 251. The number of nitrogens with two attached hydrogens (primary N) is 1. The van der Waals surface area contributed by atoms with Gasteiger partial charge in [0.1, 0.15) is 0 Å². The Labute approximate surface area is 72.3 Å². The molecule has 0 aliphatic heterocycles. The predicted octanol–water partition coefficient (Wildman–Crippen LogP) is 1.15. The summed E-state index contributed by atoms with van der Waals surface area (Å²) in [6.07, 6.45) is 3.58. The van der Waals surface area contributed by atoms with Crippen LogP contribution in [0.5, 0.6) is 0 Å². The summed E-state index contributed by atoms with van der Waals surface area (Å²) >= 11 is 0. The number of aliphatic hydroxyl groups excluding tert-OH is 1. The topological polar surface area (TPSA) is 46.2 Å². The van der Waals surface area contributed by atoms with Gasteiger partial charge in [-0.25, -0.2) is 0 Å². The maximum atomic E-state index is 8.52. The van der Waals surface area contributed by atoms with Gasteiger partial charge >= 0.3 is 0 Å². The third kappa shape index (κ3) is 2.49. The molecular formula is C10H13NO. The summed E-state index contributed by atoms with van der Waals surface area (Å²) in [7, 11) is 0. The van der Waals surface area contributed by atoms with E-state index in [9.17, 15) is 0 Å². The fourth-order valence-corrected chi connectivity index (χ4v) is 0.954. The third-order valence-corrected chi connectivity index (χ3v) is 1.63. The summed E-state index contributed by atoms with van der Waals surface area (Å²) in [5.74, 6) is 0. The van der Waals surface area contributed by atoms with E-state index in [1.807, 2.05) is 30.3 Å². The summed E-state index contributed by atoms with van der Waals surface area (Å²) in [5.41, 5.74) is 7.65. The molecule has 0 fully saturated rings. The highest BCUT2D eigenvalue weighted by Gasteiger charge is 1.87. The highest BCUT2D eigenvalue weighted by Crippen LogP contribution is 2.04. The van der Waals surface area contributed by atoms with Crippen LogP contribution >= 0.6 is 0 Å². The molecule has 2 nitrogen and oxygen atoms in total. The van der Waals surface area contributed by atoms with Crippen molar-refractivity contribution in [2.75, 3.05) is 6.61 Å². The highest BCUT2D eigenvalue weighted by atomic mass is 16.2. The smallest absolute Gasteiger partial charge is 0.0615 e. The van der Waals surface area contributed by atoms with Crippen molar-refractivity contribution in [2.45, 2.75) is 6.54 Å². The van der Waals surface area contributed by atoms with E-state index in [1.54, 1.807) is 6.08 Å². The quantitative estimate of drug-likeness (QED) is 0.702. The van der Waals surface area contributed by atoms with Crippen LogP contribution in [0.2, 0.25) is 0 Å². The summed E-state index contributed by atoms with van der Waals surface area (Å²) in [6.45, 7) is 0.655. The van der Waals surface area contributed by atoms with Crippen molar-refractivity contribution in [2.24, 2.45) is 5.73 Å². The third-order valence-electron chi connectivity index (χ3n) is 1.63. The Kier molecular flexibility index (Phi) is 3.51. The largest absolute Gasteiger partial charge is 0.392 e. The maximum Gasteiger partial charge on any atom is 0.0615 e. The van der Waals surface area contributed by atoms with Gasteiger partial charge in [-0.2, -0.15) is 0 Å². The Morgan fingerprint density at radius 3 is 2.42 bits per heavy atom. The average Bonchev–Trinajstić information content (AvgIpc) is 2.15. The average molecular weight is 163 g/mol. The molecule has 0 aliphatic rings. The minimum absolute atomic E-state index is 0.0820. The Morgan fingerprint density at radius 1 is 1.25 bits per heavy atom. The van der Waals surface area contributed by atoms with E-state index in [2.05, 4.69) is 0 Å². The lowest BCUT2D eigenvalue weighted by Crippen LogP contribution is -1.94. The zero-order valence-corrected chi connectivity index (χ0v) is 6.90. The van der Waals surface area contributed by atoms with E-state index in [-0.39, 0.29) is 6.61 Å². The number of benzene rings is 1. The van der Waals surface area contributed by atoms with E-state index in [1.165, 1.54) is 0 Å². The fourth-order valence-electron chi connectivity index (χ4n) is 0.954. The summed E-state index contributed by atoms with van der Waals surface area (Å²) in [6, 6.07) is 7.93. The molecule has 0 spiro atoms. The van der Waals surface area contributed by atoms with Crippen molar-refractivity contribution in [1.82, 2.24) is 0 Å². The van der Waals surface area contributed by atoms with Crippen molar-refractivity contribution in [3.63, 3.8) is 0 Å². The normalized spacial score (nSPS) is 10.8. The molecule has 3 N–H and O–H groups in total.